The highest BCUT2D eigenvalue weighted by Crippen LogP contribution is 2.09. The summed E-state index contributed by atoms with van der Waals surface area (Å²) in [4.78, 5) is 14.7. The third kappa shape index (κ3) is 1.79. The van der Waals surface area contributed by atoms with Gasteiger partial charge in [0.15, 0.2) is 0 Å². The average Bonchev–Trinajstić information content (AvgIpc) is 2.58. The van der Waals surface area contributed by atoms with Crippen molar-refractivity contribution in [1.29, 1.82) is 0 Å². The number of hydrogen-bond donors (Lipinski definition) is 0. The van der Waals surface area contributed by atoms with Crippen molar-refractivity contribution in [2.45, 2.75) is 13.8 Å². The van der Waals surface area contributed by atoms with Gasteiger partial charge in [0.1, 0.15) is 17.9 Å². The molecular weight excluding hydrogens is 190 g/mol. The summed E-state index contributed by atoms with van der Waals surface area (Å²) >= 11 is 0. The van der Waals surface area contributed by atoms with Crippen molar-refractivity contribution in [3.05, 3.63) is 41.5 Å². The number of aldehydes is 1. The first-order valence-electron chi connectivity index (χ1n) is 4.66. The second kappa shape index (κ2) is 3.65. The highest BCUT2D eigenvalue weighted by molar-refractivity contribution is 5.75. The molecule has 0 unspecified atom stereocenters. The molecule has 0 bridgehead atoms. The van der Waals surface area contributed by atoms with Crippen LogP contribution in [-0.2, 0) is 0 Å². The molecule has 0 radical (unpaired) electrons. The summed E-state index contributed by atoms with van der Waals surface area (Å²) < 4.78 is 1.75. The van der Waals surface area contributed by atoms with Gasteiger partial charge >= 0.3 is 0 Å². The van der Waals surface area contributed by atoms with E-state index in [0.717, 1.165) is 23.6 Å². The fraction of sp³-hybridized carbons (Fsp3) is 0.182. The number of benzene rings is 1. The first kappa shape index (κ1) is 9.58. The van der Waals surface area contributed by atoms with Gasteiger partial charge in [-0.2, -0.15) is 5.10 Å². The molecule has 0 aliphatic rings. The Hall–Kier alpha value is -1.97. The minimum Gasteiger partial charge on any atom is -0.298 e. The number of carbonyl (C=O) groups excluding carboxylic acids is 1. The zero-order valence-corrected chi connectivity index (χ0v) is 8.64. The van der Waals surface area contributed by atoms with E-state index in [1.807, 2.05) is 26.0 Å². The third-order valence-corrected chi connectivity index (χ3v) is 2.15. The molecule has 1 heterocycles. The zero-order chi connectivity index (χ0) is 10.8. The lowest BCUT2D eigenvalue weighted by molar-refractivity contribution is 0.112. The van der Waals surface area contributed by atoms with Crippen molar-refractivity contribution in [1.82, 2.24) is 14.8 Å². The van der Waals surface area contributed by atoms with Gasteiger partial charge in [0.2, 0.25) is 0 Å². The van der Waals surface area contributed by atoms with Gasteiger partial charge in [-0.15, -0.1) is 0 Å². The van der Waals surface area contributed by atoms with Crippen LogP contribution in [0.2, 0.25) is 0 Å². The van der Waals surface area contributed by atoms with Crippen LogP contribution in [-0.4, -0.2) is 21.1 Å². The van der Waals surface area contributed by atoms with Crippen molar-refractivity contribution < 1.29 is 4.79 Å². The summed E-state index contributed by atoms with van der Waals surface area (Å²) in [5, 5.41) is 4.25. The molecule has 1 aromatic carbocycles. The lowest BCUT2D eigenvalue weighted by atomic mass is 10.2. The Balaban J connectivity index is 2.45. The Kier molecular flexibility index (Phi) is 2.33. The van der Waals surface area contributed by atoms with E-state index in [0.29, 0.717) is 5.56 Å². The summed E-state index contributed by atoms with van der Waals surface area (Å²) in [5.41, 5.74) is 1.58. The van der Waals surface area contributed by atoms with E-state index in [1.54, 1.807) is 16.8 Å². The van der Waals surface area contributed by atoms with Gasteiger partial charge in [0, 0.05) is 5.56 Å². The first-order chi connectivity index (χ1) is 7.20. The Morgan fingerprint density at radius 2 is 1.87 bits per heavy atom. The molecule has 0 saturated carbocycles. The summed E-state index contributed by atoms with van der Waals surface area (Å²) in [6, 6.07) is 7.23. The minimum absolute atomic E-state index is 0.660. The van der Waals surface area contributed by atoms with Crippen LogP contribution >= 0.6 is 0 Å². The van der Waals surface area contributed by atoms with Crippen LogP contribution in [0.25, 0.3) is 5.69 Å². The molecule has 4 heteroatoms. The molecule has 4 nitrogen and oxygen atoms in total. The lowest BCUT2D eigenvalue weighted by Crippen LogP contribution is -1.99. The monoisotopic (exact) mass is 201 g/mol. The lowest BCUT2D eigenvalue weighted by Gasteiger charge is -2.02. The molecule has 0 fully saturated rings. The molecule has 0 amide bonds. The predicted octanol–water partition coefficient (Wildman–Crippen LogP) is 1.70. The van der Waals surface area contributed by atoms with E-state index in [4.69, 9.17) is 0 Å². The predicted molar refractivity (Wildman–Crippen MR) is 56.2 cm³/mol. The van der Waals surface area contributed by atoms with Crippen molar-refractivity contribution in [3.63, 3.8) is 0 Å². The number of hydrogen-bond acceptors (Lipinski definition) is 3. The molecule has 76 valence electrons. The van der Waals surface area contributed by atoms with Crippen LogP contribution in [0.4, 0.5) is 0 Å². The molecule has 2 rings (SSSR count). The van der Waals surface area contributed by atoms with E-state index < -0.39 is 0 Å². The molecule has 15 heavy (non-hydrogen) atoms. The molecule has 2 aromatic rings. The Morgan fingerprint density at radius 3 is 2.33 bits per heavy atom. The second-order valence-electron chi connectivity index (χ2n) is 3.33. The SMILES string of the molecule is Cc1nc(C)n(-c2ccc(C=O)cc2)n1. The average molecular weight is 201 g/mol. The number of carbonyl (C=O) groups is 1. The molecule has 0 atom stereocenters. The molecule has 0 N–H and O–H groups in total. The summed E-state index contributed by atoms with van der Waals surface area (Å²) in [6.45, 7) is 3.75. The molecule has 0 saturated heterocycles. The number of aromatic nitrogens is 3. The third-order valence-electron chi connectivity index (χ3n) is 2.15. The maximum Gasteiger partial charge on any atom is 0.150 e. The molecule has 0 spiro atoms. The Morgan fingerprint density at radius 1 is 1.20 bits per heavy atom. The number of aryl methyl sites for hydroxylation is 2. The van der Waals surface area contributed by atoms with Crippen molar-refractivity contribution in [2.75, 3.05) is 0 Å². The van der Waals surface area contributed by atoms with E-state index >= 15 is 0 Å². The van der Waals surface area contributed by atoms with Crippen molar-refractivity contribution in [2.24, 2.45) is 0 Å². The van der Waals surface area contributed by atoms with Crippen LogP contribution in [0.3, 0.4) is 0 Å². The zero-order valence-electron chi connectivity index (χ0n) is 8.64. The van der Waals surface area contributed by atoms with Crippen molar-refractivity contribution >= 4 is 6.29 Å². The van der Waals surface area contributed by atoms with E-state index in [2.05, 4.69) is 10.1 Å². The van der Waals surface area contributed by atoms with Gasteiger partial charge in [0.25, 0.3) is 0 Å². The largest absolute Gasteiger partial charge is 0.298 e. The van der Waals surface area contributed by atoms with Gasteiger partial charge in [-0.25, -0.2) is 9.67 Å². The van der Waals surface area contributed by atoms with Crippen molar-refractivity contribution in [3.8, 4) is 5.69 Å². The van der Waals surface area contributed by atoms with Crippen LogP contribution in [0.1, 0.15) is 22.0 Å². The highest BCUT2D eigenvalue weighted by atomic mass is 16.1. The first-order valence-corrected chi connectivity index (χ1v) is 4.66. The summed E-state index contributed by atoms with van der Waals surface area (Å²) in [6.07, 6.45) is 0.823. The summed E-state index contributed by atoms with van der Waals surface area (Å²) in [5.74, 6) is 1.58. The maximum absolute atomic E-state index is 10.5. The molecule has 1 aromatic heterocycles. The molecular formula is C11H11N3O. The van der Waals surface area contributed by atoms with Gasteiger partial charge < -0.3 is 0 Å². The van der Waals surface area contributed by atoms with Crippen LogP contribution < -0.4 is 0 Å². The van der Waals surface area contributed by atoms with Crippen LogP contribution in [0.15, 0.2) is 24.3 Å². The molecule has 0 aliphatic carbocycles. The maximum atomic E-state index is 10.5. The number of rotatable bonds is 2. The van der Waals surface area contributed by atoms with E-state index in [9.17, 15) is 4.79 Å². The second-order valence-corrected chi connectivity index (χ2v) is 3.33. The van der Waals surface area contributed by atoms with Gasteiger partial charge in [0.05, 0.1) is 5.69 Å². The fourth-order valence-electron chi connectivity index (χ4n) is 1.46. The number of nitrogens with zero attached hydrogens (tertiary/aromatic N) is 3. The van der Waals surface area contributed by atoms with E-state index in [-0.39, 0.29) is 0 Å². The highest BCUT2D eigenvalue weighted by Gasteiger charge is 2.04. The van der Waals surface area contributed by atoms with Gasteiger partial charge in [-0.1, -0.05) is 0 Å². The van der Waals surface area contributed by atoms with Crippen LogP contribution in [0, 0.1) is 13.8 Å². The van der Waals surface area contributed by atoms with Crippen LogP contribution in [0.5, 0.6) is 0 Å². The quantitative estimate of drug-likeness (QED) is 0.695. The fourth-order valence-corrected chi connectivity index (χ4v) is 1.46. The summed E-state index contributed by atoms with van der Waals surface area (Å²) in [7, 11) is 0. The van der Waals surface area contributed by atoms with Gasteiger partial charge in [-0.05, 0) is 38.1 Å². The van der Waals surface area contributed by atoms with E-state index in [1.165, 1.54) is 0 Å². The molecule has 0 aliphatic heterocycles. The topological polar surface area (TPSA) is 47.8 Å². The Bertz CT molecular complexity index is 485. The smallest absolute Gasteiger partial charge is 0.150 e. The van der Waals surface area contributed by atoms with Gasteiger partial charge in [-0.3, -0.25) is 4.79 Å². The minimum atomic E-state index is 0.660. The normalized spacial score (nSPS) is 10.3. The standard InChI is InChI=1S/C11H11N3O/c1-8-12-9(2)14(13-8)11-5-3-10(7-15)4-6-11/h3-7H,1-2H3. The Labute approximate surface area is 87.6 Å².